The molecule has 0 bridgehead atoms. The maximum absolute atomic E-state index is 5.40. The van der Waals surface area contributed by atoms with Crippen LogP contribution in [0.25, 0.3) is 6.08 Å². The number of nitrogens with two attached hydrogens (primary N) is 1. The summed E-state index contributed by atoms with van der Waals surface area (Å²) in [5.74, 6) is 0. The van der Waals surface area contributed by atoms with Crippen molar-refractivity contribution in [2.45, 2.75) is 20.3 Å². The zero-order valence-electron chi connectivity index (χ0n) is 8.38. The van der Waals surface area contributed by atoms with Crippen molar-refractivity contribution in [2.75, 3.05) is 6.54 Å². The first-order valence-corrected chi connectivity index (χ1v) is 4.67. The molecule has 0 atom stereocenters. The minimum absolute atomic E-state index is 0.724. The monoisotopic (exact) mass is 175 g/mol. The predicted molar refractivity (Wildman–Crippen MR) is 58.6 cm³/mol. The summed E-state index contributed by atoms with van der Waals surface area (Å²) in [6, 6.07) is 6.54. The SMILES string of the molecule is Cc1cc(C)cc(C=CCCN)c1. The van der Waals surface area contributed by atoms with Crippen molar-refractivity contribution in [1.29, 1.82) is 0 Å². The molecule has 0 heterocycles. The van der Waals surface area contributed by atoms with Gasteiger partial charge < -0.3 is 5.73 Å². The molecule has 1 aromatic carbocycles. The Labute approximate surface area is 80.3 Å². The lowest BCUT2D eigenvalue weighted by Gasteiger charge is -1.99. The van der Waals surface area contributed by atoms with Crippen LogP contribution in [0.2, 0.25) is 0 Å². The highest BCUT2D eigenvalue weighted by Crippen LogP contribution is 2.10. The summed E-state index contributed by atoms with van der Waals surface area (Å²) in [4.78, 5) is 0. The maximum Gasteiger partial charge on any atom is -0.00425 e. The molecule has 13 heavy (non-hydrogen) atoms. The molecule has 2 N–H and O–H groups in total. The molecule has 1 aromatic rings. The summed E-state index contributed by atoms with van der Waals surface area (Å²) in [5.41, 5.74) is 9.30. The topological polar surface area (TPSA) is 26.0 Å². The van der Waals surface area contributed by atoms with Gasteiger partial charge in [-0.15, -0.1) is 0 Å². The Bertz CT molecular complexity index is 280. The molecular formula is C12H17N. The Morgan fingerprint density at radius 1 is 1.15 bits per heavy atom. The molecule has 1 nitrogen and oxygen atoms in total. The molecule has 0 aliphatic heterocycles. The standard InChI is InChI=1S/C12H17N/c1-10-7-11(2)9-12(8-10)5-3-4-6-13/h3,5,7-9H,4,6,13H2,1-2H3. The molecule has 0 saturated heterocycles. The number of rotatable bonds is 3. The van der Waals surface area contributed by atoms with E-state index in [1.807, 2.05) is 0 Å². The molecule has 0 amide bonds. The van der Waals surface area contributed by atoms with E-state index in [4.69, 9.17) is 5.73 Å². The molecule has 0 aliphatic rings. The molecular weight excluding hydrogens is 158 g/mol. The second-order valence-corrected chi connectivity index (χ2v) is 3.40. The average Bonchev–Trinajstić information content (AvgIpc) is 2.03. The van der Waals surface area contributed by atoms with Crippen LogP contribution in [0, 0.1) is 13.8 Å². The second kappa shape index (κ2) is 4.83. The number of benzene rings is 1. The van der Waals surface area contributed by atoms with Crippen molar-refractivity contribution >= 4 is 6.08 Å². The molecule has 0 fully saturated rings. The molecule has 70 valence electrons. The fraction of sp³-hybridized carbons (Fsp3) is 0.333. The molecule has 0 saturated carbocycles. The summed E-state index contributed by atoms with van der Waals surface area (Å²) in [5, 5.41) is 0. The summed E-state index contributed by atoms with van der Waals surface area (Å²) < 4.78 is 0. The summed E-state index contributed by atoms with van der Waals surface area (Å²) in [7, 11) is 0. The first kappa shape index (κ1) is 10.0. The van der Waals surface area contributed by atoms with Crippen LogP contribution in [-0.4, -0.2) is 6.54 Å². The average molecular weight is 175 g/mol. The number of hydrogen-bond acceptors (Lipinski definition) is 1. The molecule has 1 rings (SSSR count). The minimum atomic E-state index is 0.724. The van der Waals surface area contributed by atoms with Crippen molar-refractivity contribution in [1.82, 2.24) is 0 Å². The normalized spacial score (nSPS) is 11.0. The Kier molecular flexibility index (Phi) is 3.71. The van der Waals surface area contributed by atoms with E-state index in [1.54, 1.807) is 0 Å². The van der Waals surface area contributed by atoms with Gasteiger partial charge in [0.2, 0.25) is 0 Å². The van der Waals surface area contributed by atoms with Gasteiger partial charge in [0.1, 0.15) is 0 Å². The third-order valence-corrected chi connectivity index (χ3v) is 1.89. The molecule has 0 unspecified atom stereocenters. The lowest BCUT2D eigenvalue weighted by molar-refractivity contribution is 1.01. The zero-order chi connectivity index (χ0) is 9.68. The molecule has 0 radical (unpaired) electrons. The third-order valence-electron chi connectivity index (χ3n) is 1.89. The minimum Gasteiger partial charge on any atom is -0.330 e. The van der Waals surface area contributed by atoms with Gasteiger partial charge in [-0.2, -0.15) is 0 Å². The van der Waals surface area contributed by atoms with E-state index in [0.717, 1.165) is 13.0 Å². The van der Waals surface area contributed by atoms with Crippen LogP contribution in [0.3, 0.4) is 0 Å². The number of hydrogen-bond donors (Lipinski definition) is 1. The Balaban J connectivity index is 2.77. The van der Waals surface area contributed by atoms with Crippen LogP contribution < -0.4 is 5.73 Å². The largest absolute Gasteiger partial charge is 0.330 e. The first-order chi connectivity index (χ1) is 6.22. The van der Waals surface area contributed by atoms with E-state index in [-0.39, 0.29) is 0 Å². The van der Waals surface area contributed by atoms with E-state index >= 15 is 0 Å². The van der Waals surface area contributed by atoms with Crippen molar-refractivity contribution in [3.8, 4) is 0 Å². The van der Waals surface area contributed by atoms with Crippen LogP contribution >= 0.6 is 0 Å². The van der Waals surface area contributed by atoms with Crippen molar-refractivity contribution in [3.05, 3.63) is 41.0 Å². The highest BCUT2D eigenvalue weighted by molar-refractivity contribution is 5.51. The van der Waals surface area contributed by atoms with Gasteiger partial charge in [-0.3, -0.25) is 0 Å². The Hall–Kier alpha value is -1.08. The van der Waals surface area contributed by atoms with Crippen molar-refractivity contribution < 1.29 is 0 Å². The first-order valence-electron chi connectivity index (χ1n) is 4.67. The van der Waals surface area contributed by atoms with E-state index in [9.17, 15) is 0 Å². The zero-order valence-corrected chi connectivity index (χ0v) is 8.38. The Morgan fingerprint density at radius 3 is 2.31 bits per heavy atom. The Morgan fingerprint density at radius 2 is 1.77 bits per heavy atom. The van der Waals surface area contributed by atoms with E-state index in [1.165, 1.54) is 16.7 Å². The van der Waals surface area contributed by atoms with Crippen LogP contribution in [0.5, 0.6) is 0 Å². The van der Waals surface area contributed by atoms with E-state index < -0.39 is 0 Å². The van der Waals surface area contributed by atoms with Crippen molar-refractivity contribution in [3.63, 3.8) is 0 Å². The van der Waals surface area contributed by atoms with Crippen molar-refractivity contribution in [2.24, 2.45) is 5.73 Å². The van der Waals surface area contributed by atoms with Gasteiger partial charge in [-0.1, -0.05) is 41.5 Å². The molecule has 0 aromatic heterocycles. The fourth-order valence-corrected chi connectivity index (χ4v) is 1.42. The van der Waals surface area contributed by atoms with Gasteiger partial charge >= 0.3 is 0 Å². The van der Waals surface area contributed by atoms with Gasteiger partial charge in [0.05, 0.1) is 0 Å². The number of aryl methyl sites for hydroxylation is 2. The quantitative estimate of drug-likeness (QED) is 0.751. The van der Waals surface area contributed by atoms with Crippen LogP contribution in [-0.2, 0) is 0 Å². The second-order valence-electron chi connectivity index (χ2n) is 3.40. The van der Waals surface area contributed by atoms with Gasteiger partial charge in [0.25, 0.3) is 0 Å². The van der Waals surface area contributed by atoms with Crippen LogP contribution in [0.4, 0.5) is 0 Å². The lowest BCUT2D eigenvalue weighted by Crippen LogP contribution is -1.94. The van der Waals surface area contributed by atoms with Crippen LogP contribution in [0.15, 0.2) is 24.3 Å². The summed E-state index contributed by atoms with van der Waals surface area (Å²) in [6.07, 6.45) is 5.20. The molecule has 1 heteroatoms. The third kappa shape index (κ3) is 3.43. The molecule has 0 spiro atoms. The maximum atomic E-state index is 5.40. The summed E-state index contributed by atoms with van der Waals surface area (Å²) in [6.45, 7) is 4.96. The van der Waals surface area contributed by atoms with E-state index in [0.29, 0.717) is 0 Å². The molecule has 0 aliphatic carbocycles. The van der Waals surface area contributed by atoms with E-state index in [2.05, 4.69) is 44.2 Å². The van der Waals surface area contributed by atoms with Gasteiger partial charge in [0, 0.05) is 0 Å². The highest BCUT2D eigenvalue weighted by atomic mass is 14.5. The predicted octanol–water partition coefficient (Wildman–Crippen LogP) is 2.67. The van der Waals surface area contributed by atoms with Gasteiger partial charge in [-0.05, 0) is 32.4 Å². The smallest absolute Gasteiger partial charge is 0.00425 e. The fourth-order valence-electron chi connectivity index (χ4n) is 1.42. The van der Waals surface area contributed by atoms with Gasteiger partial charge in [-0.25, -0.2) is 0 Å². The summed E-state index contributed by atoms with van der Waals surface area (Å²) >= 11 is 0. The van der Waals surface area contributed by atoms with Gasteiger partial charge in [0.15, 0.2) is 0 Å². The highest BCUT2D eigenvalue weighted by Gasteiger charge is 1.90. The van der Waals surface area contributed by atoms with Crippen LogP contribution in [0.1, 0.15) is 23.1 Å². The lowest BCUT2D eigenvalue weighted by atomic mass is 10.1.